The van der Waals surface area contributed by atoms with Crippen molar-refractivity contribution in [2.45, 2.75) is 44.2 Å². The highest BCUT2D eigenvalue weighted by Gasteiger charge is 2.23. The molecule has 1 aromatic heterocycles. The van der Waals surface area contributed by atoms with Crippen LogP contribution in [0.2, 0.25) is 0 Å². The molecule has 12 heteroatoms. The SMILES string of the molecule is CN(C(O)CCCOc1ccc(CC(Nc2nc3cc(Br)cc(F)c3o2)C(=O)O)cc1)C1NCCCN1. The Balaban J connectivity index is 1.25. The van der Waals surface area contributed by atoms with E-state index >= 15 is 0 Å². The zero-order valence-corrected chi connectivity index (χ0v) is 22.0. The fraction of sp³-hybridized carbons (Fsp3) is 0.440. The van der Waals surface area contributed by atoms with Crippen LogP contribution < -0.4 is 20.7 Å². The summed E-state index contributed by atoms with van der Waals surface area (Å²) in [6.07, 6.45) is 1.84. The van der Waals surface area contributed by atoms with Gasteiger partial charge in [0.2, 0.25) is 0 Å². The fourth-order valence-corrected chi connectivity index (χ4v) is 4.50. The number of aliphatic carboxylic acids is 1. The van der Waals surface area contributed by atoms with Gasteiger partial charge in [0, 0.05) is 10.9 Å². The van der Waals surface area contributed by atoms with Crippen LogP contribution in [0.5, 0.6) is 5.75 Å². The molecule has 0 spiro atoms. The molecule has 0 amide bonds. The molecule has 0 saturated carbocycles. The molecule has 2 heterocycles. The Morgan fingerprint density at radius 1 is 1.32 bits per heavy atom. The number of hydrogen-bond donors (Lipinski definition) is 5. The van der Waals surface area contributed by atoms with E-state index < -0.39 is 24.1 Å². The standard InChI is InChI=1S/C25H31BrFN5O5/c1-32(24-28-9-3-10-29-24)21(33)4-2-11-36-17-7-5-15(6-8-17)12-20(23(34)35)31-25-30-19-14-16(26)13-18(27)22(19)37-25/h5-8,13-14,20-21,24,28-29,33H,2-4,9-12H2,1H3,(H,30,31)(H,34,35). The van der Waals surface area contributed by atoms with Crippen LogP contribution in [0, 0.1) is 5.82 Å². The van der Waals surface area contributed by atoms with Gasteiger partial charge in [-0.05, 0) is 69.2 Å². The van der Waals surface area contributed by atoms with Gasteiger partial charge >= 0.3 is 5.97 Å². The van der Waals surface area contributed by atoms with Gasteiger partial charge in [-0.1, -0.05) is 28.1 Å². The van der Waals surface area contributed by atoms with Gasteiger partial charge in [-0.3, -0.25) is 15.5 Å². The van der Waals surface area contributed by atoms with E-state index in [1.807, 2.05) is 11.9 Å². The van der Waals surface area contributed by atoms with Gasteiger partial charge in [-0.2, -0.15) is 4.98 Å². The van der Waals surface area contributed by atoms with E-state index in [0.29, 0.717) is 29.7 Å². The number of aliphatic hydroxyl groups excluding tert-OH is 1. The van der Waals surface area contributed by atoms with Crippen LogP contribution in [0.1, 0.15) is 24.8 Å². The first-order chi connectivity index (χ1) is 17.8. The lowest BCUT2D eigenvalue weighted by Gasteiger charge is -2.35. The second kappa shape index (κ2) is 12.7. The highest BCUT2D eigenvalue weighted by atomic mass is 79.9. The Bertz CT molecular complexity index is 1190. The zero-order valence-electron chi connectivity index (χ0n) is 20.4. The molecule has 1 fully saturated rings. The molecule has 2 atom stereocenters. The third kappa shape index (κ3) is 7.39. The van der Waals surface area contributed by atoms with Crippen molar-refractivity contribution in [2.75, 3.05) is 32.1 Å². The minimum absolute atomic E-state index is 0.0349. The number of rotatable bonds is 12. The average molecular weight is 580 g/mol. The Hall–Kier alpha value is -2.77. The van der Waals surface area contributed by atoms with Crippen LogP contribution in [-0.4, -0.2) is 71.4 Å². The van der Waals surface area contributed by atoms with E-state index in [-0.39, 0.29) is 29.8 Å². The molecule has 3 aromatic rings. The number of halogens is 2. The number of carboxylic acid groups (broad SMARTS) is 1. The van der Waals surface area contributed by atoms with Crippen LogP contribution in [0.3, 0.4) is 0 Å². The zero-order chi connectivity index (χ0) is 26.4. The Kier molecular flexibility index (Phi) is 9.33. The Morgan fingerprint density at radius 3 is 2.76 bits per heavy atom. The molecule has 37 heavy (non-hydrogen) atoms. The van der Waals surface area contributed by atoms with E-state index in [1.54, 1.807) is 30.3 Å². The van der Waals surface area contributed by atoms with Gasteiger partial charge in [-0.25, -0.2) is 9.18 Å². The van der Waals surface area contributed by atoms with Crippen molar-refractivity contribution in [3.63, 3.8) is 0 Å². The van der Waals surface area contributed by atoms with Crippen LogP contribution in [-0.2, 0) is 11.2 Å². The van der Waals surface area contributed by atoms with Crippen LogP contribution in [0.15, 0.2) is 45.3 Å². The smallest absolute Gasteiger partial charge is 0.326 e. The minimum Gasteiger partial charge on any atom is -0.494 e. The number of aliphatic hydroxyl groups is 1. The highest BCUT2D eigenvalue weighted by molar-refractivity contribution is 9.10. The number of nitrogens with zero attached hydrogens (tertiary/aromatic N) is 2. The van der Waals surface area contributed by atoms with Gasteiger partial charge in [0.1, 0.15) is 29.8 Å². The number of anilines is 1. The summed E-state index contributed by atoms with van der Waals surface area (Å²) < 4.78 is 25.7. The third-order valence-corrected chi connectivity index (χ3v) is 6.61. The molecule has 2 aromatic carbocycles. The summed E-state index contributed by atoms with van der Waals surface area (Å²) in [6.45, 7) is 2.29. The summed E-state index contributed by atoms with van der Waals surface area (Å²) >= 11 is 3.20. The van der Waals surface area contributed by atoms with Crippen LogP contribution >= 0.6 is 15.9 Å². The van der Waals surface area contributed by atoms with Gasteiger partial charge in [-0.15, -0.1) is 0 Å². The monoisotopic (exact) mass is 579 g/mol. The lowest BCUT2D eigenvalue weighted by molar-refractivity contribution is -0.137. The van der Waals surface area contributed by atoms with Crippen molar-refractivity contribution in [2.24, 2.45) is 0 Å². The summed E-state index contributed by atoms with van der Waals surface area (Å²) in [5.41, 5.74) is 1.00. The maximum atomic E-state index is 14.1. The molecule has 1 aliphatic rings. The molecule has 0 radical (unpaired) electrons. The van der Waals surface area contributed by atoms with E-state index in [4.69, 9.17) is 9.15 Å². The van der Waals surface area contributed by atoms with Crippen LogP contribution in [0.25, 0.3) is 11.1 Å². The normalized spacial score (nSPS) is 16.1. The number of oxazole rings is 1. The first kappa shape index (κ1) is 27.3. The number of hydrogen-bond acceptors (Lipinski definition) is 9. The van der Waals surface area contributed by atoms with Gasteiger partial charge in [0.25, 0.3) is 6.01 Å². The minimum atomic E-state index is -1.09. The summed E-state index contributed by atoms with van der Waals surface area (Å²) in [7, 11) is 1.88. The summed E-state index contributed by atoms with van der Waals surface area (Å²) in [6, 6.07) is 8.88. The molecule has 2 unspecified atom stereocenters. The van der Waals surface area contributed by atoms with Gasteiger partial charge < -0.3 is 24.7 Å². The summed E-state index contributed by atoms with van der Waals surface area (Å²) in [4.78, 5) is 17.8. The third-order valence-electron chi connectivity index (χ3n) is 6.15. The van der Waals surface area contributed by atoms with Crippen molar-refractivity contribution < 1.29 is 28.6 Å². The Morgan fingerprint density at radius 2 is 2.05 bits per heavy atom. The van der Waals surface area contributed by atoms with Crippen molar-refractivity contribution in [3.05, 3.63) is 52.3 Å². The number of aromatic nitrogens is 1. The first-order valence-electron chi connectivity index (χ1n) is 12.1. The summed E-state index contributed by atoms with van der Waals surface area (Å²) in [5.74, 6) is -1.03. The molecule has 0 bridgehead atoms. The predicted molar refractivity (Wildman–Crippen MR) is 140 cm³/mol. The quantitative estimate of drug-likeness (QED) is 0.161. The molecule has 200 valence electrons. The number of nitrogens with one attached hydrogen (secondary N) is 3. The maximum absolute atomic E-state index is 14.1. The average Bonchev–Trinajstić information content (AvgIpc) is 3.29. The fourth-order valence-electron chi connectivity index (χ4n) is 4.09. The molecular weight excluding hydrogens is 549 g/mol. The second-order valence-corrected chi connectivity index (χ2v) is 9.85. The molecule has 5 N–H and O–H groups in total. The van der Waals surface area contributed by atoms with E-state index in [2.05, 4.69) is 36.9 Å². The Labute approximate surface area is 222 Å². The van der Waals surface area contributed by atoms with Crippen molar-refractivity contribution >= 4 is 39.0 Å². The molecule has 4 rings (SSSR count). The van der Waals surface area contributed by atoms with Crippen molar-refractivity contribution in [1.82, 2.24) is 20.5 Å². The molecule has 10 nitrogen and oxygen atoms in total. The summed E-state index contributed by atoms with van der Waals surface area (Å²) in [5, 5.41) is 29.5. The van der Waals surface area contributed by atoms with E-state index in [0.717, 1.165) is 25.1 Å². The number of benzene rings is 2. The van der Waals surface area contributed by atoms with Crippen molar-refractivity contribution in [1.29, 1.82) is 0 Å². The largest absolute Gasteiger partial charge is 0.494 e. The number of ether oxygens (including phenoxy) is 1. The van der Waals surface area contributed by atoms with Gasteiger partial charge in [0.15, 0.2) is 11.4 Å². The van der Waals surface area contributed by atoms with E-state index in [9.17, 15) is 19.4 Å². The molecular formula is C25H31BrFN5O5. The number of fused-ring (bicyclic) bond motifs is 1. The molecule has 1 aliphatic heterocycles. The topological polar surface area (TPSA) is 132 Å². The van der Waals surface area contributed by atoms with E-state index in [1.165, 1.54) is 6.07 Å². The lowest BCUT2D eigenvalue weighted by Crippen LogP contribution is -2.59. The molecule has 1 saturated heterocycles. The first-order valence-corrected chi connectivity index (χ1v) is 12.9. The predicted octanol–water partition coefficient (Wildman–Crippen LogP) is 3.11. The van der Waals surface area contributed by atoms with Crippen LogP contribution in [0.4, 0.5) is 10.4 Å². The second-order valence-electron chi connectivity index (χ2n) is 8.94. The lowest BCUT2D eigenvalue weighted by atomic mass is 10.1. The number of carboxylic acids is 1. The van der Waals surface area contributed by atoms with Gasteiger partial charge in [0.05, 0.1) is 6.61 Å². The maximum Gasteiger partial charge on any atom is 0.326 e. The highest BCUT2D eigenvalue weighted by Crippen LogP contribution is 2.26. The number of carbonyl (C=O) groups is 1. The van der Waals surface area contributed by atoms with Crippen molar-refractivity contribution in [3.8, 4) is 5.75 Å². The molecule has 0 aliphatic carbocycles.